The van der Waals surface area contributed by atoms with E-state index in [4.69, 9.17) is 0 Å². The van der Waals surface area contributed by atoms with Crippen LogP contribution in [0.15, 0.2) is 46.0 Å². The van der Waals surface area contributed by atoms with Crippen molar-refractivity contribution < 1.29 is 0 Å². The van der Waals surface area contributed by atoms with E-state index in [9.17, 15) is 9.59 Å². The fraction of sp³-hybridized carbons (Fsp3) is 0.286. The van der Waals surface area contributed by atoms with Gasteiger partial charge in [0.1, 0.15) is 0 Å². The van der Waals surface area contributed by atoms with Crippen molar-refractivity contribution in [3.63, 3.8) is 0 Å². The second-order valence-corrected chi connectivity index (χ2v) is 8.99. The third-order valence-corrected chi connectivity index (χ3v) is 6.74. The van der Waals surface area contributed by atoms with Gasteiger partial charge in [0.05, 0.1) is 22.1 Å². The van der Waals surface area contributed by atoms with E-state index in [0.29, 0.717) is 10.8 Å². The van der Waals surface area contributed by atoms with Crippen molar-refractivity contribution in [2.75, 3.05) is 0 Å². The van der Waals surface area contributed by atoms with Crippen molar-refractivity contribution in [2.45, 2.75) is 54.6 Å². The van der Waals surface area contributed by atoms with Crippen LogP contribution in [-0.2, 0) is 13.1 Å². The van der Waals surface area contributed by atoms with E-state index >= 15 is 0 Å². The number of aromatic nitrogens is 2. The number of hydrogen-bond donors (Lipinski definition) is 0. The minimum atomic E-state index is 0.0317. The molecule has 0 spiro atoms. The van der Waals surface area contributed by atoms with E-state index in [-0.39, 0.29) is 10.9 Å². The molecule has 0 amide bonds. The molecule has 0 aliphatic rings. The zero-order chi connectivity index (χ0) is 22.9. The average Bonchev–Trinajstić information content (AvgIpc) is 2.75. The summed E-state index contributed by atoms with van der Waals surface area (Å²) < 4.78 is 4.36. The standard InChI is InChI=1S/C28H28N2O2/c1-7-29-23-13-20-24(14-19(23)27(31)21-11-15(3)9-17(5)25(21)29)30(8-2)26-18(6)10-16(4)12-22(26)28(20)32/h9-14H,7-8H2,1-6H3. The molecule has 4 nitrogen and oxygen atoms in total. The van der Waals surface area contributed by atoms with E-state index in [0.717, 1.165) is 68.2 Å². The highest BCUT2D eigenvalue weighted by molar-refractivity contribution is 6.04. The highest BCUT2D eigenvalue weighted by Gasteiger charge is 2.18. The Balaban J connectivity index is 2.12. The maximum absolute atomic E-state index is 13.7. The topological polar surface area (TPSA) is 44.0 Å². The first-order chi connectivity index (χ1) is 15.3. The maximum atomic E-state index is 13.7. The van der Waals surface area contributed by atoms with Crippen molar-refractivity contribution >= 4 is 43.6 Å². The average molecular weight is 425 g/mol. The van der Waals surface area contributed by atoms with Gasteiger partial charge in [-0.2, -0.15) is 0 Å². The van der Waals surface area contributed by atoms with Gasteiger partial charge in [0.2, 0.25) is 0 Å². The van der Waals surface area contributed by atoms with Crippen molar-refractivity contribution in [2.24, 2.45) is 0 Å². The Morgan fingerprint density at radius 2 is 0.938 bits per heavy atom. The predicted molar refractivity (Wildman–Crippen MR) is 135 cm³/mol. The summed E-state index contributed by atoms with van der Waals surface area (Å²) in [6, 6.07) is 12.1. The van der Waals surface area contributed by atoms with E-state index in [1.807, 2.05) is 38.1 Å². The quantitative estimate of drug-likeness (QED) is 0.331. The zero-order valence-corrected chi connectivity index (χ0v) is 19.6. The smallest absolute Gasteiger partial charge is 0.197 e. The highest BCUT2D eigenvalue weighted by atomic mass is 16.1. The molecule has 0 aliphatic heterocycles. The second-order valence-electron chi connectivity index (χ2n) is 8.99. The molecule has 0 N–H and O–H groups in total. The van der Waals surface area contributed by atoms with Crippen molar-refractivity contribution in [3.8, 4) is 0 Å². The van der Waals surface area contributed by atoms with Crippen molar-refractivity contribution in [1.82, 2.24) is 9.13 Å². The molecular formula is C28H28N2O2. The molecule has 5 aromatic rings. The molecule has 0 bridgehead atoms. The first-order valence-electron chi connectivity index (χ1n) is 11.3. The summed E-state index contributed by atoms with van der Waals surface area (Å²) in [5, 5.41) is 2.83. The van der Waals surface area contributed by atoms with Gasteiger partial charge in [-0.3, -0.25) is 9.59 Å². The fourth-order valence-corrected chi connectivity index (χ4v) is 5.56. The van der Waals surface area contributed by atoms with Crippen LogP contribution in [0, 0.1) is 27.7 Å². The number of fused-ring (bicyclic) bond motifs is 4. The van der Waals surface area contributed by atoms with Gasteiger partial charge < -0.3 is 9.13 Å². The Labute approximate surface area is 186 Å². The van der Waals surface area contributed by atoms with Gasteiger partial charge in [-0.1, -0.05) is 12.1 Å². The fourth-order valence-electron chi connectivity index (χ4n) is 5.56. The normalized spacial score (nSPS) is 11.9. The molecule has 0 radical (unpaired) electrons. The molecule has 0 saturated carbocycles. The SMILES string of the molecule is CCn1c2cc3c(=O)c4cc(C)cc(C)c4n(CC)c3cc2c(=O)c2cc(C)cc(C)c21. The van der Waals surface area contributed by atoms with Gasteiger partial charge in [-0.05, 0) is 88.1 Å². The van der Waals surface area contributed by atoms with Crippen LogP contribution in [0.2, 0.25) is 0 Å². The monoisotopic (exact) mass is 424 g/mol. The van der Waals surface area contributed by atoms with Crippen LogP contribution in [0.5, 0.6) is 0 Å². The van der Waals surface area contributed by atoms with Gasteiger partial charge in [0.15, 0.2) is 10.9 Å². The molecule has 5 rings (SSSR count). The van der Waals surface area contributed by atoms with E-state index in [2.05, 4.69) is 49.0 Å². The molecule has 0 saturated heterocycles. The predicted octanol–water partition coefficient (Wildman–Crippen LogP) is 5.90. The molecule has 32 heavy (non-hydrogen) atoms. The maximum Gasteiger partial charge on any atom is 0.197 e. The third kappa shape index (κ3) is 2.68. The summed E-state index contributed by atoms with van der Waals surface area (Å²) in [5.41, 5.74) is 7.95. The van der Waals surface area contributed by atoms with Crippen LogP contribution in [0.3, 0.4) is 0 Å². The lowest BCUT2D eigenvalue weighted by Crippen LogP contribution is -2.16. The highest BCUT2D eigenvalue weighted by Crippen LogP contribution is 2.29. The van der Waals surface area contributed by atoms with Gasteiger partial charge in [0, 0.05) is 34.6 Å². The summed E-state index contributed by atoms with van der Waals surface area (Å²) in [5.74, 6) is 0. The van der Waals surface area contributed by atoms with Crippen LogP contribution in [0.4, 0.5) is 0 Å². The van der Waals surface area contributed by atoms with Crippen LogP contribution >= 0.6 is 0 Å². The molecule has 0 fully saturated rings. The zero-order valence-electron chi connectivity index (χ0n) is 19.6. The van der Waals surface area contributed by atoms with Crippen LogP contribution < -0.4 is 10.9 Å². The first kappa shape index (κ1) is 20.5. The van der Waals surface area contributed by atoms with Crippen molar-refractivity contribution in [3.05, 3.63) is 79.1 Å². The van der Waals surface area contributed by atoms with E-state index < -0.39 is 0 Å². The lowest BCUT2D eigenvalue weighted by molar-refractivity contribution is 0.814. The van der Waals surface area contributed by atoms with Crippen molar-refractivity contribution in [1.29, 1.82) is 0 Å². The Morgan fingerprint density at radius 1 is 0.562 bits per heavy atom. The Hall–Kier alpha value is -3.40. The molecule has 2 aromatic heterocycles. The molecule has 0 unspecified atom stereocenters. The summed E-state index contributed by atoms with van der Waals surface area (Å²) in [4.78, 5) is 27.3. The Kier molecular flexibility index (Phi) is 4.52. The largest absolute Gasteiger partial charge is 0.340 e. The molecule has 162 valence electrons. The number of pyridine rings is 2. The Morgan fingerprint density at radius 3 is 1.28 bits per heavy atom. The summed E-state index contributed by atoms with van der Waals surface area (Å²) in [6.45, 7) is 13.8. The van der Waals surface area contributed by atoms with Crippen LogP contribution in [0.25, 0.3) is 43.6 Å². The van der Waals surface area contributed by atoms with Gasteiger partial charge >= 0.3 is 0 Å². The van der Waals surface area contributed by atoms with Gasteiger partial charge in [-0.15, -0.1) is 0 Å². The minimum absolute atomic E-state index is 0.0317. The second kappa shape index (κ2) is 7.06. The molecule has 2 heterocycles. The number of nitrogens with zero attached hydrogens (tertiary/aromatic N) is 2. The Bertz CT molecular complexity index is 1590. The lowest BCUT2D eigenvalue weighted by Gasteiger charge is -2.19. The number of hydrogen-bond acceptors (Lipinski definition) is 2. The number of aryl methyl sites for hydroxylation is 6. The van der Waals surface area contributed by atoms with E-state index in [1.165, 1.54) is 0 Å². The number of rotatable bonds is 2. The number of benzene rings is 3. The third-order valence-electron chi connectivity index (χ3n) is 6.74. The van der Waals surface area contributed by atoms with Gasteiger partial charge in [-0.25, -0.2) is 0 Å². The molecule has 0 aliphatic carbocycles. The molecule has 0 atom stereocenters. The summed E-state index contributed by atoms with van der Waals surface area (Å²) in [6.07, 6.45) is 0. The molecule has 3 aromatic carbocycles. The summed E-state index contributed by atoms with van der Waals surface area (Å²) >= 11 is 0. The molecule has 4 heteroatoms. The van der Waals surface area contributed by atoms with Crippen LogP contribution in [0.1, 0.15) is 36.1 Å². The lowest BCUT2D eigenvalue weighted by atomic mass is 9.99. The van der Waals surface area contributed by atoms with E-state index in [1.54, 1.807) is 0 Å². The molecular weight excluding hydrogens is 396 g/mol. The first-order valence-corrected chi connectivity index (χ1v) is 11.3. The minimum Gasteiger partial charge on any atom is -0.340 e. The van der Waals surface area contributed by atoms with Crippen LogP contribution in [-0.4, -0.2) is 9.13 Å². The summed E-state index contributed by atoms with van der Waals surface area (Å²) in [7, 11) is 0. The van der Waals surface area contributed by atoms with Gasteiger partial charge in [0.25, 0.3) is 0 Å².